The molecule has 0 saturated carbocycles. The van der Waals surface area contributed by atoms with Gasteiger partial charge in [-0.05, 0) is 47.9 Å². The van der Waals surface area contributed by atoms with Crippen LogP contribution in [0.2, 0.25) is 0 Å². The zero-order chi connectivity index (χ0) is 23.8. The lowest BCUT2D eigenvalue weighted by molar-refractivity contribution is -0.123. The molecule has 34 heavy (non-hydrogen) atoms. The lowest BCUT2D eigenvalue weighted by Gasteiger charge is -2.40. The predicted molar refractivity (Wildman–Crippen MR) is 127 cm³/mol. The SMILES string of the molecule is COc1cc2c(cc1OC)[C@@H](c1ccccc1O)N([C@H]1CC(=O)N(c3ccccc3)C1=O)CC2. The molecule has 2 amide bonds. The van der Waals surface area contributed by atoms with Gasteiger partial charge >= 0.3 is 0 Å². The number of amides is 2. The van der Waals surface area contributed by atoms with Gasteiger partial charge < -0.3 is 14.6 Å². The minimum atomic E-state index is -0.640. The van der Waals surface area contributed by atoms with Gasteiger partial charge in [0.1, 0.15) is 5.75 Å². The molecule has 2 heterocycles. The lowest BCUT2D eigenvalue weighted by atomic mass is 9.86. The maximum atomic E-state index is 13.6. The molecule has 2 aliphatic heterocycles. The maximum Gasteiger partial charge on any atom is 0.251 e. The van der Waals surface area contributed by atoms with Crippen LogP contribution < -0.4 is 14.4 Å². The third-order valence-electron chi connectivity index (χ3n) is 6.68. The number of carbonyl (C=O) groups excluding carboxylic acids is 2. The van der Waals surface area contributed by atoms with Crippen molar-refractivity contribution in [2.24, 2.45) is 0 Å². The van der Waals surface area contributed by atoms with E-state index in [9.17, 15) is 14.7 Å². The van der Waals surface area contributed by atoms with Crippen LogP contribution in [0.25, 0.3) is 0 Å². The molecule has 1 N–H and O–H groups in total. The molecular formula is C27H26N2O5. The van der Waals surface area contributed by atoms with Gasteiger partial charge in [-0.15, -0.1) is 0 Å². The fourth-order valence-corrected chi connectivity index (χ4v) is 5.09. The van der Waals surface area contributed by atoms with E-state index in [0.717, 1.165) is 11.1 Å². The Hall–Kier alpha value is -3.84. The zero-order valence-corrected chi connectivity index (χ0v) is 19.1. The summed E-state index contributed by atoms with van der Waals surface area (Å²) in [5.74, 6) is 0.865. The number of rotatable bonds is 5. The number of anilines is 1. The third-order valence-corrected chi connectivity index (χ3v) is 6.68. The molecule has 0 bridgehead atoms. The fourth-order valence-electron chi connectivity index (χ4n) is 5.09. The summed E-state index contributed by atoms with van der Waals surface area (Å²) in [4.78, 5) is 29.8. The van der Waals surface area contributed by atoms with E-state index >= 15 is 0 Å². The molecule has 3 aromatic rings. The van der Waals surface area contributed by atoms with Gasteiger partial charge in [-0.25, -0.2) is 4.90 Å². The lowest BCUT2D eigenvalue weighted by Crippen LogP contribution is -2.47. The van der Waals surface area contributed by atoms with Crippen molar-refractivity contribution in [1.82, 2.24) is 4.90 Å². The molecule has 1 saturated heterocycles. The smallest absolute Gasteiger partial charge is 0.251 e. The molecule has 2 aliphatic rings. The predicted octanol–water partition coefficient (Wildman–Crippen LogP) is 3.69. The summed E-state index contributed by atoms with van der Waals surface area (Å²) in [6.07, 6.45) is 0.754. The number of phenolic OH excluding ortho intramolecular Hbond substituents is 1. The molecule has 7 heteroatoms. The summed E-state index contributed by atoms with van der Waals surface area (Å²) >= 11 is 0. The highest BCUT2D eigenvalue weighted by Crippen LogP contribution is 2.45. The monoisotopic (exact) mass is 458 g/mol. The van der Waals surface area contributed by atoms with Crippen molar-refractivity contribution in [1.29, 1.82) is 0 Å². The molecule has 5 rings (SSSR count). The Labute approximate surface area is 198 Å². The van der Waals surface area contributed by atoms with Crippen LogP contribution >= 0.6 is 0 Å². The second kappa shape index (κ2) is 8.83. The number of para-hydroxylation sites is 2. The maximum absolute atomic E-state index is 13.6. The Morgan fingerprint density at radius 2 is 1.56 bits per heavy atom. The zero-order valence-electron chi connectivity index (χ0n) is 19.1. The Morgan fingerprint density at radius 3 is 2.26 bits per heavy atom. The first-order valence-electron chi connectivity index (χ1n) is 11.2. The van der Waals surface area contributed by atoms with Gasteiger partial charge in [-0.2, -0.15) is 0 Å². The Bertz CT molecular complexity index is 1240. The highest BCUT2D eigenvalue weighted by molar-refractivity contribution is 6.22. The van der Waals surface area contributed by atoms with E-state index in [4.69, 9.17) is 9.47 Å². The molecule has 0 spiro atoms. The van der Waals surface area contributed by atoms with Gasteiger partial charge in [0, 0.05) is 12.1 Å². The minimum absolute atomic E-state index is 0.0838. The molecule has 0 aromatic heterocycles. The van der Waals surface area contributed by atoms with Gasteiger partial charge in [-0.3, -0.25) is 14.5 Å². The van der Waals surface area contributed by atoms with E-state index in [1.54, 1.807) is 38.5 Å². The van der Waals surface area contributed by atoms with Crippen LogP contribution in [0.15, 0.2) is 66.7 Å². The van der Waals surface area contributed by atoms with Crippen LogP contribution in [0.4, 0.5) is 5.69 Å². The number of nitrogens with zero attached hydrogens (tertiary/aromatic N) is 2. The number of methoxy groups -OCH3 is 2. The number of imide groups is 1. The topological polar surface area (TPSA) is 79.3 Å². The van der Waals surface area contributed by atoms with Gasteiger partial charge in [0.05, 0.1) is 38.4 Å². The van der Waals surface area contributed by atoms with Crippen LogP contribution in [0.1, 0.15) is 29.2 Å². The van der Waals surface area contributed by atoms with Crippen molar-refractivity contribution in [3.05, 3.63) is 83.4 Å². The molecule has 0 unspecified atom stereocenters. The Kier molecular flexibility index (Phi) is 5.71. The Balaban J connectivity index is 1.61. The van der Waals surface area contributed by atoms with Crippen LogP contribution in [0, 0.1) is 0 Å². The van der Waals surface area contributed by atoms with Crippen molar-refractivity contribution in [3.63, 3.8) is 0 Å². The molecule has 7 nitrogen and oxygen atoms in total. The summed E-state index contributed by atoms with van der Waals surface area (Å²) in [7, 11) is 3.18. The van der Waals surface area contributed by atoms with E-state index < -0.39 is 12.1 Å². The number of phenols is 1. The summed E-state index contributed by atoms with van der Waals surface area (Å²) < 4.78 is 11.0. The summed E-state index contributed by atoms with van der Waals surface area (Å²) in [6, 6.07) is 18.9. The average molecular weight is 459 g/mol. The highest BCUT2D eigenvalue weighted by atomic mass is 16.5. The largest absolute Gasteiger partial charge is 0.508 e. The summed E-state index contributed by atoms with van der Waals surface area (Å²) in [6.45, 7) is 0.549. The first kappa shape index (κ1) is 22.0. The van der Waals surface area contributed by atoms with Gasteiger partial charge in [-0.1, -0.05) is 36.4 Å². The fraction of sp³-hybridized carbons (Fsp3) is 0.259. The third kappa shape index (κ3) is 3.58. The summed E-state index contributed by atoms with van der Waals surface area (Å²) in [5, 5.41) is 10.8. The molecule has 2 atom stereocenters. The van der Waals surface area contributed by atoms with Crippen LogP contribution in [0.5, 0.6) is 17.2 Å². The van der Waals surface area contributed by atoms with Crippen molar-refractivity contribution in [2.75, 3.05) is 25.7 Å². The number of hydrogen-bond donors (Lipinski definition) is 1. The van der Waals surface area contributed by atoms with Crippen molar-refractivity contribution in [2.45, 2.75) is 24.9 Å². The first-order chi connectivity index (χ1) is 16.5. The second-order valence-corrected chi connectivity index (χ2v) is 8.48. The Morgan fingerprint density at radius 1 is 0.882 bits per heavy atom. The molecule has 174 valence electrons. The molecular weight excluding hydrogens is 432 g/mol. The first-order valence-corrected chi connectivity index (χ1v) is 11.2. The highest BCUT2D eigenvalue weighted by Gasteiger charge is 2.47. The van der Waals surface area contributed by atoms with E-state index in [2.05, 4.69) is 0 Å². The van der Waals surface area contributed by atoms with Crippen LogP contribution in [-0.4, -0.2) is 48.6 Å². The van der Waals surface area contributed by atoms with Crippen molar-refractivity contribution in [3.8, 4) is 17.2 Å². The second-order valence-electron chi connectivity index (χ2n) is 8.48. The minimum Gasteiger partial charge on any atom is -0.508 e. The van der Waals surface area contributed by atoms with Crippen LogP contribution in [-0.2, 0) is 16.0 Å². The number of hydrogen-bond acceptors (Lipinski definition) is 6. The summed E-state index contributed by atoms with van der Waals surface area (Å²) in [5.41, 5.74) is 3.22. The molecule has 0 aliphatic carbocycles. The quantitative estimate of drug-likeness (QED) is 0.588. The number of aromatic hydroxyl groups is 1. The van der Waals surface area contributed by atoms with E-state index in [1.807, 2.05) is 47.4 Å². The number of benzene rings is 3. The van der Waals surface area contributed by atoms with Crippen LogP contribution in [0.3, 0.4) is 0 Å². The molecule has 1 fully saturated rings. The normalized spacial score (nSPS) is 20.4. The van der Waals surface area contributed by atoms with Crippen molar-refractivity contribution < 1.29 is 24.2 Å². The van der Waals surface area contributed by atoms with Gasteiger partial charge in [0.25, 0.3) is 5.91 Å². The molecule has 3 aromatic carbocycles. The molecule has 0 radical (unpaired) electrons. The van der Waals surface area contributed by atoms with Crippen molar-refractivity contribution >= 4 is 17.5 Å². The average Bonchev–Trinajstić information content (AvgIpc) is 3.16. The van der Waals surface area contributed by atoms with Gasteiger partial charge in [0.15, 0.2) is 11.5 Å². The van der Waals surface area contributed by atoms with Gasteiger partial charge in [0.2, 0.25) is 5.91 Å². The standard InChI is InChI=1S/C27H26N2O5/c1-33-23-14-17-12-13-28(21-16-25(31)29(27(21)32)18-8-4-3-5-9-18)26(20(17)15-24(23)34-2)19-10-6-7-11-22(19)30/h3-11,14-15,21,26,30H,12-13,16H2,1-2H3/t21-,26+/m0/s1. The van der Waals surface area contributed by atoms with E-state index in [1.165, 1.54) is 4.90 Å². The number of fused-ring (bicyclic) bond motifs is 1. The number of ether oxygens (including phenoxy) is 2. The van der Waals surface area contributed by atoms with E-state index in [0.29, 0.717) is 35.7 Å². The van der Waals surface area contributed by atoms with E-state index in [-0.39, 0.29) is 24.0 Å². The number of carbonyl (C=O) groups is 2.